The molecule has 1 aromatic rings. The maximum absolute atomic E-state index is 12.9. The second kappa shape index (κ2) is 7.10. The first-order valence-corrected chi connectivity index (χ1v) is 7.07. The number of aromatic nitrogens is 2. The minimum absolute atomic E-state index is 0.0166. The molecule has 1 aromatic heterocycles. The van der Waals surface area contributed by atoms with Gasteiger partial charge in [-0.3, -0.25) is 0 Å². The van der Waals surface area contributed by atoms with E-state index in [-0.39, 0.29) is 24.5 Å². The molecule has 0 amide bonds. The largest absolute Gasteiger partial charge is 0.433 e. The van der Waals surface area contributed by atoms with Crippen LogP contribution in [0.5, 0.6) is 0 Å². The topological polar surface area (TPSA) is 79.3 Å². The molecule has 2 heterocycles. The van der Waals surface area contributed by atoms with Crippen LogP contribution in [0.3, 0.4) is 0 Å². The van der Waals surface area contributed by atoms with Crippen LogP contribution in [0, 0.1) is 0 Å². The molecule has 1 aliphatic rings. The lowest BCUT2D eigenvalue weighted by atomic mass is 10.2. The molecule has 0 radical (unpaired) electrons. The number of hydrogen-bond donors (Lipinski definition) is 3. The third-order valence-electron chi connectivity index (χ3n) is 3.20. The highest BCUT2D eigenvalue weighted by Crippen LogP contribution is 2.29. The van der Waals surface area contributed by atoms with Crippen LogP contribution >= 0.6 is 0 Å². The van der Waals surface area contributed by atoms with Crippen molar-refractivity contribution >= 4 is 11.8 Å². The molecule has 1 fully saturated rings. The SMILES string of the molecule is C[C@@H](CO)Nc1nc(NC[C@H]2CCCO2)cc(C(F)(F)F)n1. The van der Waals surface area contributed by atoms with Crippen molar-refractivity contribution in [3.8, 4) is 0 Å². The molecule has 1 aliphatic heterocycles. The first-order chi connectivity index (χ1) is 10.4. The summed E-state index contributed by atoms with van der Waals surface area (Å²) < 4.78 is 44.1. The van der Waals surface area contributed by atoms with E-state index in [1.807, 2.05) is 0 Å². The fourth-order valence-corrected chi connectivity index (χ4v) is 2.04. The van der Waals surface area contributed by atoms with Crippen LogP contribution in [0.15, 0.2) is 6.07 Å². The van der Waals surface area contributed by atoms with Crippen molar-refractivity contribution in [1.29, 1.82) is 0 Å². The zero-order valence-electron chi connectivity index (χ0n) is 12.2. The van der Waals surface area contributed by atoms with Gasteiger partial charge in [0.15, 0.2) is 5.69 Å². The minimum Gasteiger partial charge on any atom is -0.394 e. The van der Waals surface area contributed by atoms with Gasteiger partial charge in [-0.2, -0.15) is 18.2 Å². The standard InChI is InChI=1S/C13H19F3N4O2/c1-8(7-21)18-12-19-10(13(14,15)16)5-11(20-12)17-6-9-3-2-4-22-9/h5,8-9,21H,2-4,6-7H2,1H3,(H2,17,18,19,20)/t8-,9+/m0/s1. The Labute approximate surface area is 126 Å². The molecule has 1 saturated heterocycles. The average molecular weight is 320 g/mol. The molecule has 124 valence electrons. The Hall–Kier alpha value is -1.61. The number of halogens is 3. The van der Waals surface area contributed by atoms with Crippen molar-refractivity contribution in [2.24, 2.45) is 0 Å². The first-order valence-electron chi connectivity index (χ1n) is 7.07. The predicted octanol–water partition coefficient (Wildman–Crippen LogP) is 1.88. The van der Waals surface area contributed by atoms with E-state index < -0.39 is 17.9 Å². The summed E-state index contributed by atoms with van der Waals surface area (Å²) in [4.78, 5) is 7.44. The molecule has 0 spiro atoms. The van der Waals surface area contributed by atoms with Gasteiger partial charge in [0, 0.05) is 25.3 Å². The van der Waals surface area contributed by atoms with Crippen LogP contribution < -0.4 is 10.6 Å². The average Bonchev–Trinajstić information content (AvgIpc) is 2.97. The molecule has 0 unspecified atom stereocenters. The second-order valence-corrected chi connectivity index (χ2v) is 5.20. The molecule has 0 bridgehead atoms. The first kappa shape index (κ1) is 16.8. The Morgan fingerprint density at radius 1 is 1.45 bits per heavy atom. The Kier molecular flexibility index (Phi) is 5.41. The van der Waals surface area contributed by atoms with Crippen LogP contribution in [-0.4, -0.2) is 47.0 Å². The van der Waals surface area contributed by atoms with E-state index in [2.05, 4.69) is 20.6 Å². The number of aliphatic hydroxyl groups is 1. The molecule has 0 aliphatic carbocycles. The zero-order valence-corrected chi connectivity index (χ0v) is 12.2. The molecular formula is C13H19F3N4O2. The number of aliphatic hydroxyl groups excluding tert-OH is 1. The Morgan fingerprint density at radius 2 is 2.23 bits per heavy atom. The van der Waals surface area contributed by atoms with Gasteiger partial charge < -0.3 is 20.5 Å². The van der Waals surface area contributed by atoms with Gasteiger partial charge in [0.2, 0.25) is 5.95 Å². The second-order valence-electron chi connectivity index (χ2n) is 5.20. The molecule has 0 saturated carbocycles. The van der Waals surface area contributed by atoms with Crippen molar-refractivity contribution in [2.45, 2.75) is 38.1 Å². The number of nitrogens with one attached hydrogen (secondary N) is 2. The quantitative estimate of drug-likeness (QED) is 0.743. The third-order valence-corrected chi connectivity index (χ3v) is 3.20. The van der Waals surface area contributed by atoms with Gasteiger partial charge in [-0.15, -0.1) is 0 Å². The fraction of sp³-hybridized carbons (Fsp3) is 0.692. The Balaban J connectivity index is 2.13. The Bertz CT molecular complexity index is 493. The lowest BCUT2D eigenvalue weighted by molar-refractivity contribution is -0.141. The van der Waals surface area contributed by atoms with Crippen LogP contribution in [0.25, 0.3) is 0 Å². The fourth-order valence-electron chi connectivity index (χ4n) is 2.04. The smallest absolute Gasteiger partial charge is 0.394 e. The molecule has 3 N–H and O–H groups in total. The maximum Gasteiger partial charge on any atom is 0.433 e. The van der Waals surface area contributed by atoms with E-state index >= 15 is 0 Å². The summed E-state index contributed by atoms with van der Waals surface area (Å²) in [5.41, 5.74) is -1.04. The minimum atomic E-state index is -4.57. The number of nitrogens with zero attached hydrogens (tertiary/aromatic N) is 2. The van der Waals surface area contributed by atoms with Gasteiger partial charge in [-0.1, -0.05) is 0 Å². The summed E-state index contributed by atoms with van der Waals surface area (Å²) in [6.45, 7) is 2.44. The summed E-state index contributed by atoms with van der Waals surface area (Å²) in [6, 6.07) is 0.415. The highest BCUT2D eigenvalue weighted by atomic mass is 19.4. The molecular weight excluding hydrogens is 301 g/mol. The number of ether oxygens (including phenoxy) is 1. The van der Waals surface area contributed by atoms with E-state index in [1.54, 1.807) is 6.92 Å². The van der Waals surface area contributed by atoms with E-state index in [0.717, 1.165) is 18.9 Å². The van der Waals surface area contributed by atoms with Crippen molar-refractivity contribution in [1.82, 2.24) is 9.97 Å². The van der Waals surface area contributed by atoms with Crippen LogP contribution in [0.2, 0.25) is 0 Å². The summed E-state index contributed by atoms with van der Waals surface area (Å²) in [6.07, 6.45) is -2.76. The van der Waals surface area contributed by atoms with Gasteiger partial charge in [-0.05, 0) is 19.8 Å². The van der Waals surface area contributed by atoms with E-state index in [9.17, 15) is 13.2 Å². The Morgan fingerprint density at radius 3 is 2.82 bits per heavy atom. The van der Waals surface area contributed by atoms with Crippen molar-refractivity contribution in [2.75, 3.05) is 30.4 Å². The van der Waals surface area contributed by atoms with Gasteiger partial charge in [0.1, 0.15) is 5.82 Å². The number of rotatable bonds is 6. The highest BCUT2D eigenvalue weighted by molar-refractivity contribution is 5.43. The molecule has 2 rings (SSSR count). The number of alkyl halides is 3. The van der Waals surface area contributed by atoms with E-state index in [0.29, 0.717) is 13.2 Å². The lowest BCUT2D eigenvalue weighted by Gasteiger charge is -2.16. The highest BCUT2D eigenvalue weighted by Gasteiger charge is 2.34. The van der Waals surface area contributed by atoms with Gasteiger partial charge in [-0.25, -0.2) is 4.98 Å². The summed E-state index contributed by atoms with van der Waals surface area (Å²) in [5, 5.41) is 14.5. The monoisotopic (exact) mass is 320 g/mol. The predicted molar refractivity (Wildman–Crippen MR) is 74.7 cm³/mol. The van der Waals surface area contributed by atoms with Crippen LogP contribution in [0.4, 0.5) is 24.9 Å². The molecule has 9 heteroatoms. The van der Waals surface area contributed by atoms with Crippen LogP contribution in [0.1, 0.15) is 25.5 Å². The van der Waals surface area contributed by atoms with Crippen molar-refractivity contribution < 1.29 is 23.0 Å². The molecule has 22 heavy (non-hydrogen) atoms. The summed E-state index contributed by atoms with van der Waals surface area (Å²) >= 11 is 0. The van der Waals surface area contributed by atoms with Crippen molar-refractivity contribution in [3.63, 3.8) is 0 Å². The van der Waals surface area contributed by atoms with Gasteiger partial charge in [0.05, 0.1) is 12.7 Å². The van der Waals surface area contributed by atoms with Gasteiger partial charge >= 0.3 is 6.18 Å². The van der Waals surface area contributed by atoms with E-state index in [1.165, 1.54) is 0 Å². The summed E-state index contributed by atoms with van der Waals surface area (Å²) in [7, 11) is 0. The summed E-state index contributed by atoms with van der Waals surface area (Å²) in [5.74, 6) is -0.100. The van der Waals surface area contributed by atoms with Crippen molar-refractivity contribution in [3.05, 3.63) is 11.8 Å². The normalized spacial score (nSPS) is 20.0. The maximum atomic E-state index is 12.9. The molecule has 6 nitrogen and oxygen atoms in total. The third kappa shape index (κ3) is 4.70. The van der Waals surface area contributed by atoms with Crippen LogP contribution in [-0.2, 0) is 10.9 Å². The molecule has 0 aromatic carbocycles. The number of anilines is 2. The van der Waals surface area contributed by atoms with Gasteiger partial charge in [0.25, 0.3) is 0 Å². The number of hydrogen-bond acceptors (Lipinski definition) is 6. The lowest BCUT2D eigenvalue weighted by Crippen LogP contribution is -2.24. The zero-order chi connectivity index (χ0) is 16.2. The molecule has 2 atom stereocenters. The van der Waals surface area contributed by atoms with E-state index in [4.69, 9.17) is 9.84 Å².